The van der Waals surface area contributed by atoms with Crippen LogP contribution in [0.5, 0.6) is 0 Å². The molecule has 0 N–H and O–H groups in total. The zero-order valence-corrected chi connectivity index (χ0v) is 26.3. The number of rotatable bonds is 4. The lowest BCUT2D eigenvalue weighted by atomic mass is 10.0. The van der Waals surface area contributed by atoms with E-state index in [0.29, 0.717) is 0 Å². The second-order valence-corrected chi connectivity index (χ2v) is 10.9. The molecule has 3 heteroatoms. The molecule has 0 radical (unpaired) electrons. The highest BCUT2D eigenvalue weighted by atomic mass is 15.0. The Hall–Kier alpha value is -5.93. The molecule has 0 bridgehead atoms. The fraction of sp³-hybridized carbons (Fsp3) is 0.0465. The Balaban J connectivity index is 0.000000420. The van der Waals surface area contributed by atoms with Crippen molar-refractivity contribution < 1.29 is 0 Å². The third kappa shape index (κ3) is 5.91. The summed E-state index contributed by atoms with van der Waals surface area (Å²) in [5.41, 5.74) is 7.93. The molecule has 46 heavy (non-hydrogen) atoms. The van der Waals surface area contributed by atoms with E-state index in [1.807, 2.05) is 50.4 Å². The topological polar surface area (TPSA) is 22.8 Å². The smallest absolute Gasteiger partial charge is 0.0703 e. The highest BCUT2D eigenvalue weighted by Crippen LogP contribution is 2.36. The average molecular weight is 596 g/mol. The van der Waals surface area contributed by atoms with E-state index in [-0.39, 0.29) is 0 Å². The van der Waals surface area contributed by atoms with Crippen LogP contribution in [-0.4, -0.2) is 14.1 Å². The maximum Gasteiger partial charge on any atom is 0.0703 e. The molecule has 0 aliphatic heterocycles. The molecule has 0 aliphatic rings. The highest BCUT2D eigenvalue weighted by molar-refractivity contribution is 6.15. The van der Waals surface area contributed by atoms with Gasteiger partial charge in [0, 0.05) is 33.6 Å². The standard InChI is InChI=1S/C35H23N3.C5H8.C3H6/c1-3-9-24(10-4-1)32-16-15-29(23-36-32)38-33-14-8-7-13-30(33)31-20-27-21-34-25(19-26(27)22-35(31)38)17-18-37(34)28-11-5-2-6-12-28;1-3-5-4-2;1-3-2/h1-23H;3-5H,1H2,2H3;3H,1H2,2H3/b;5-4-;. The quantitative estimate of drug-likeness (QED) is 0.147. The molecule has 5 aromatic carbocycles. The molecule has 0 fully saturated rings. The van der Waals surface area contributed by atoms with Crippen molar-refractivity contribution in [3.63, 3.8) is 0 Å². The van der Waals surface area contributed by atoms with Gasteiger partial charge in [-0.05, 0) is 85.3 Å². The summed E-state index contributed by atoms with van der Waals surface area (Å²) < 4.78 is 4.60. The molecule has 0 saturated carbocycles. The summed E-state index contributed by atoms with van der Waals surface area (Å²) >= 11 is 0. The van der Waals surface area contributed by atoms with Crippen molar-refractivity contribution in [3.8, 4) is 22.6 Å². The highest BCUT2D eigenvalue weighted by Gasteiger charge is 2.15. The number of aromatic nitrogens is 3. The number of allylic oxidation sites excluding steroid dienone is 4. The van der Waals surface area contributed by atoms with Crippen LogP contribution >= 0.6 is 0 Å². The Morgan fingerprint density at radius 2 is 1.26 bits per heavy atom. The minimum absolute atomic E-state index is 0.978. The van der Waals surface area contributed by atoms with Crippen LogP contribution in [0.3, 0.4) is 0 Å². The third-order valence-corrected chi connectivity index (χ3v) is 7.88. The fourth-order valence-electron chi connectivity index (χ4n) is 5.87. The van der Waals surface area contributed by atoms with Crippen molar-refractivity contribution in [2.24, 2.45) is 0 Å². The van der Waals surface area contributed by atoms with Crippen molar-refractivity contribution in [1.82, 2.24) is 14.1 Å². The number of para-hydroxylation sites is 2. The molecule has 8 aromatic rings. The van der Waals surface area contributed by atoms with E-state index in [1.165, 1.54) is 49.2 Å². The van der Waals surface area contributed by atoms with Crippen molar-refractivity contribution in [1.29, 1.82) is 0 Å². The van der Waals surface area contributed by atoms with Crippen molar-refractivity contribution >= 4 is 43.5 Å². The third-order valence-electron chi connectivity index (χ3n) is 7.88. The Bertz CT molecular complexity index is 2280. The van der Waals surface area contributed by atoms with Crippen LogP contribution in [0.15, 0.2) is 177 Å². The Morgan fingerprint density at radius 1 is 0.587 bits per heavy atom. The summed E-state index contributed by atoms with van der Waals surface area (Å²) in [6.45, 7) is 10.7. The number of hydrogen-bond donors (Lipinski definition) is 0. The maximum absolute atomic E-state index is 4.83. The van der Waals surface area contributed by atoms with Crippen LogP contribution in [0.25, 0.3) is 66.1 Å². The Kier molecular flexibility index (Phi) is 9.03. The molecule has 0 spiro atoms. The van der Waals surface area contributed by atoms with Crippen LogP contribution < -0.4 is 0 Å². The summed E-state index contributed by atoms with van der Waals surface area (Å²) in [7, 11) is 0. The molecule has 3 nitrogen and oxygen atoms in total. The first-order valence-electron chi connectivity index (χ1n) is 15.5. The van der Waals surface area contributed by atoms with E-state index < -0.39 is 0 Å². The van der Waals surface area contributed by atoms with Crippen LogP contribution in [0.1, 0.15) is 13.8 Å². The first-order chi connectivity index (χ1) is 22.7. The average Bonchev–Trinajstić information content (AvgIpc) is 3.66. The minimum Gasteiger partial charge on any atom is -0.317 e. The number of nitrogens with zero attached hydrogens (tertiary/aromatic N) is 3. The van der Waals surface area contributed by atoms with Gasteiger partial charge in [-0.2, -0.15) is 0 Å². The van der Waals surface area contributed by atoms with Gasteiger partial charge >= 0.3 is 0 Å². The summed E-state index contributed by atoms with van der Waals surface area (Å²) in [4.78, 5) is 4.83. The molecule has 0 atom stereocenters. The maximum atomic E-state index is 4.83. The number of fused-ring (bicyclic) bond motifs is 5. The second-order valence-electron chi connectivity index (χ2n) is 10.9. The van der Waals surface area contributed by atoms with Crippen LogP contribution in [0.2, 0.25) is 0 Å². The Labute approximate surface area is 270 Å². The molecular formula is C43H37N3. The van der Waals surface area contributed by atoms with E-state index in [4.69, 9.17) is 4.98 Å². The van der Waals surface area contributed by atoms with Gasteiger partial charge in [-0.15, -0.1) is 6.58 Å². The van der Waals surface area contributed by atoms with Gasteiger partial charge in [0.25, 0.3) is 0 Å². The van der Waals surface area contributed by atoms with E-state index in [1.54, 1.807) is 12.2 Å². The number of pyridine rings is 1. The van der Waals surface area contributed by atoms with Gasteiger partial charge in [-0.3, -0.25) is 4.98 Å². The monoisotopic (exact) mass is 595 g/mol. The second kappa shape index (κ2) is 13.8. The van der Waals surface area contributed by atoms with Crippen LogP contribution in [0.4, 0.5) is 0 Å². The molecule has 0 aliphatic carbocycles. The van der Waals surface area contributed by atoms with Gasteiger partial charge < -0.3 is 9.13 Å². The summed E-state index contributed by atoms with van der Waals surface area (Å²) in [5.74, 6) is 0. The van der Waals surface area contributed by atoms with E-state index in [0.717, 1.165) is 16.9 Å². The molecule has 0 saturated heterocycles. The molecule has 0 amide bonds. The first kappa shape index (κ1) is 30.1. The molecule has 0 unspecified atom stereocenters. The predicted molar refractivity (Wildman–Crippen MR) is 199 cm³/mol. The summed E-state index contributed by atoms with van der Waals surface area (Å²) in [5, 5.41) is 6.19. The fourth-order valence-corrected chi connectivity index (χ4v) is 5.87. The van der Waals surface area contributed by atoms with Gasteiger partial charge in [0.05, 0.1) is 34.1 Å². The molecule has 8 rings (SSSR count). The van der Waals surface area contributed by atoms with E-state index in [9.17, 15) is 0 Å². The van der Waals surface area contributed by atoms with Gasteiger partial charge in [0.1, 0.15) is 0 Å². The van der Waals surface area contributed by atoms with E-state index in [2.05, 4.69) is 138 Å². The van der Waals surface area contributed by atoms with Crippen LogP contribution in [0, 0.1) is 0 Å². The van der Waals surface area contributed by atoms with Gasteiger partial charge in [-0.1, -0.05) is 97.6 Å². The zero-order chi connectivity index (χ0) is 31.9. The van der Waals surface area contributed by atoms with Crippen LogP contribution in [-0.2, 0) is 0 Å². The number of hydrogen-bond acceptors (Lipinski definition) is 1. The summed E-state index contributed by atoms with van der Waals surface area (Å²) in [6.07, 6.45) is 11.5. The molecule has 3 aromatic heterocycles. The first-order valence-corrected chi connectivity index (χ1v) is 15.5. The zero-order valence-electron chi connectivity index (χ0n) is 26.3. The molecular weight excluding hydrogens is 558 g/mol. The molecule has 224 valence electrons. The summed E-state index contributed by atoms with van der Waals surface area (Å²) in [6, 6.07) is 45.3. The SMILES string of the molecule is C=C/C=C\C.C=CC.c1ccc(-c2ccc(-n3c4ccccc4c4cc5cc6c(ccn6-c6ccccc6)cc5cc43)cn2)cc1. The lowest BCUT2D eigenvalue weighted by molar-refractivity contribution is 1.13. The molecule has 3 heterocycles. The van der Waals surface area contributed by atoms with Crippen molar-refractivity contribution in [2.75, 3.05) is 0 Å². The van der Waals surface area contributed by atoms with Gasteiger partial charge in [0.15, 0.2) is 0 Å². The van der Waals surface area contributed by atoms with E-state index >= 15 is 0 Å². The van der Waals surface area contributed by atoms with Gasteiger partial charge in [-0.25, -0.2) is 0 Å². The minimum atomic E-state index is 0.978. The predicted octanol–water partition coefficient (Wildman–Crippen LogP) is 11.9. The van der Waals surface area contributed by atoms with Crippen molar-refractivity contribution in [2.45, 2.75) is 13.8 Å². The Morgan fingerprint density at radius 3 is 1.93 bits per heavy atom. The van der Waals surface area contributed by atoms with Crippen molar-refractivity contribution in [3.05, 3.63) is 177 Å². The number of benzene rings is 5. The lowest BCUT2D eigenvalue weighted by Gasteiger charge is -2.10. The lowest BCUT2D eigenvalue weighted by Crippen LogP contribution is -1.95. The largest absolute Gasteiger partial charge is 0.317 e. The normalized spacial score (nSPS) is 10.9. The van der Waals surface area contributed by atoms with Gasteiger partial charge in [0.2, 0.25) is 0 Å².